The van der Waals surface area contributed by atoms with Gasteiger partial charge in [-0.2, -0.15) is 0 Å². The predicted octanol–water partition coefficient (Wildman–Crippen LogP) is 3.06. The van der Waals surface area contributed by atoms with Crippen LogP contribution in [0.4, 0.5) is 0 Å². The van der Waals surface area contributed by atoms with Crippen LogP contribution in [0.5, 0.6) is 0 Å². The predicted molar refractivity (Wildman–Crippen MR) is 62.7 cm³/mol. The van der Waals surface area contributed by atoms with Crippen LogP contribution in [0.25, 0.3) is 0 Å². The molecular weight excluding hydrogens is 196 g/mol. The number of carbonyl (C=O) groups excluding carboxylic acids is 1. The summed E-state index contributed by atoms with van der Waals surface area (Å²) >= 11 is 0. The number of rotatable bonds is 1. The quantitative estimate of drug-likeness (QED) is 0.374. The molecule has 0 saturated heterocycles. The van der Waals surface area contributed by atoms with Gasteiger partial charge in [-0.15, -0.1) is 0 Å². The molecule has 4 bridgehead atoms. The van der Waals surface area contributed by atoms with E-state index in [0.717, 1.165) is 36.0 Å². The van der Waals surface area contributed by atoms with Gasteiger partial charge in [0.05, 0.1) is 0 Å². The van der Waals surface area contributed by atoms with E-state index in [0.29, 0.717) is 5.41 Å². The fourth-order valence-electron chi connectivity index (χ4n) is 6.00. The van der Waals surface area contributed by atoms with Crippen molar-refractivity contribution in [1.29, 1.82) is 0 Å². The van der Waals surface area contributed by atoms with Gasteiger partial charge in [0.15, 0.2) is 0 Å². The number of carbonyl (C=O) groups is 1. The third kappa shape index (κ3) is 0.752. The van der Waals surface area contributed by atoms with Crippen LogP contribution in [0.3, 0.4) is 0 Å². The van der Waals surface area contributed by atoms with Crippen LogP contribution in [-0.4, -0.2) is 6.29 Å². The highest BCUT2D eigenvalue weighted by Gasteiger charge is 2.70. The highest BCUT2D eigenvalue weighted by atomic mass is 16.1. The number of fused-ring (bicyclic) bond motifs is 9. The van der Waals surface area contributed by atoms with Crippen molar-refractivity contribution in [3.63, 3.8) is 0 Å². The Kier molecular flexibility index (Phi) is 1.46. The average Bonchev–Trinajstić information content (AvgIpc) is 2.94. The lowest BCUT2D eigenvalue weighted by atomic mass is 9.56. The first-order chi connectivity index (χ1) is 7.59. The van der Waals surface area contributed by atoms with E-state index < -0.39 is 0 Å². The Hall–Kier alpha value is -0.590. The maximum absolute atomic E-state index is 11.5. The summed E-state index contributed by atoms with van der Waals surface area (Å²) in [6.07, 6.45) is 10.0. The molecule has 16 heavy (non-hydrogen) atoms. The number of allylic oxidation sites excluding steroid dienone is 2. The Bertz CT molecular complexity index is 398. The third-order valence-corrected chi connectivity index (χ3v) is 6.74. The molecule has 7 atom stereocenters. The Balaban J connectivity index is 1.84. The topological polar surface area (TPSA) is 17.1 Å². The molecule has 1 heteroatoms. The molecule has 0 aromatic carbocycles. The van der Waals surface area contributed by atoms with Crippen molar-refractivity contribution in [2.75, 3.05) is 0 Å². The Morgan fingerprint density at radius 1 is 1.19 bits per heavy atom. The van der Waals surface area contributed by atoms with Gasteiger partial charge in [-0.3, -0.25) is 0 Å². The first kappa shape index (κ1) is 9.44. The van der Waals surface area contributed by atoms with E-state index in [4.69, 9.17) is 0 Å². The SMILES string of the molecule is CC1(C=O)CC2CC1(C)C1C3C=CC(C3)C21. The zero-order valence-electron chi connectivity index (χ0n) is 10.1. The molecule has 3 saturated carbocycles. The fraction of sp³-hybridized carbons (Fsp3) is 0.800. The molecule has 4 aliphatic carbocycles. The lowest BCUT2D eigenvalue weighted by Crippen LogP contribution is -2.45. The second-order valence-electron chi connectivity index (χ2n) is 7.17. The van der Waals surface area contributed by atoms with Crippen LogP contribution >= 0.6 is 0 Å². The van der Waals surface area contributed by atoms with Crippen LogP contribution in [0.2, 0.25) is 0 Å². The summed E-state index contributed by atoms with van der Waals surface area (Å²) in [5.74, 6) is 4.23. The van der Waals surface area contributed by atoms with Gasteiger partial charge in [0.1, 0.15) is 6.29 Å². The van der Waals surface area contributed by atoms with Gasteiger partial charge >= 0.3 is 0 Å². The Labute approximate surface area is 97.3 Å². The second kappa shape index (κ2) is 2.47. The van der Waals surface area contributed by atoms with E-state index in [2.05, 4.69) is 26.0 Å². The number of hydrogen-bond donors (Lipinski definition) is 0. The van der Waals surface area contributed by atoms with E-state index in [9.17, 15) is 4.79 Å². The minimum absolute atomic E-state index is 0.0306. The van der Waals surface area contributed by atoms with Gasteiger partial charge in [-0.25, -0.2) is 0 Å². The molecule has 4 rings (SSSR count). The summed E-state index contributed by atoms with van der Waals surface area (Å²) in [6, 6.07) is 0. The average molecular weight is 216 g/mol. The van der Waals surface area contributed by atoms with Gasteiger partial charge in [0, 0.05) is 5.41 Å². The van der Waals surface area contributed by atoms with Gasteiger partial charge in [-0.1, -0.05) is 26.0 Å². The fourth-order valence-corrected chi connectivity index (χ4v) is 6.00. The summed E-state index contributed by atoms with van der Waals surface area (Å²) < 4.78 is 0. The highest BCUT2D eigenvalue weighted by Crippen LogP contribution is 2.75. The van der Waals surface area contributed by atoms with Gasteiger partial charge in [0.25, 0.3) is 0 Å². The van der Waals surface area contributed by atoms with E-state index in [1.165, 1.54) is 19.1 Å². The molecule has 0 spiro atoms. The van der Waals surface area contributed by atoms with Crippen molar-refractivity contribution in [3.8, 4) is 0 Å². The number of aldehydes is 1. The second-order valence-corrected chi connectivity index (χ2v) is 7.17. The van der Waals surface area contributed by atoms with Crippen LogP contribution in [0, 0.1) is 40.4 Å². The molecule has 1 nitrogen and oxygen atoms in total. The van der Waals surface area contributed by atoms with E-state index in [1.807, 2.05) is 0 Å². The van der Waals surface area contributed by atoms with E-state index >= 15 is 0 Å². The summed E-state index contributed by atoms with van der Waals surface area (Å²) in [5, 5.41) is 0. The first-order valence-corrected chi connectivity index (χ1v) is 6.74. The van der Waals surface area contributed by atoms with Crippen molar-refractivity contribution < 1.29 is 4.79 Å². The van der Waals surface area contributed by atoms with Gasteiger partial charge in [-0.05, 0) is 54.3 Å². The maximum Gasteiger partial charge on any atom is 0.126 e. The lowest BCUT2D eigenvalue weighted by molar-refractivity contribution is -0.125. The largest absolute Gasteiger partial charge is 0.303 e. The standard InChI is InChI=1S/C15H20O/c1-14(8-16)6-11-7-15(14,2)13-10-4-3-9(5-10)12(11)13/h3-4,8-13H,5-7H2,1-2H3. The van der Waals surface area contributed by atoms with Crippen LogP contribution in [0.15, 0.2) is 12.2 Å². The molecule has 0 heterocycles. The molecule has 3 fully saturated rings. The normalized spacial score (nSPS) is 65.2. The molecule has 0 amide bonds. The number of hydrogen-bond acceptors (Lipinski definition) is 1. The summed E-state index contributed by atoms with van der Waals surface area (Å²) in [6.45, 7) is 4.62. The molecule has 0 aliphatic heterocycles. The molecule has 4 aliphatic rings. The summed E-state index contributed by atoms with van der Waals surface area (Å²) in [7, 11) is 0. The molecular formula is C15H20O. The van der Waals surface area contributed by atoms with Crippen molar-refractivity contribution in [3.05, 3.63) is 12.2 Å². The minimum Gasteiger partial charge on any atom is -0.303 e. The van der Waals surface area contributed by atoms with E-state index in [-0.39, 0.29) is 5.41 Å². The lowest BCUT2D eigenvalue weighted by Gasteiger charge is -2.47. The minimum atomic E-state index is -0.0306. The Morgan fingerprint density at radius 2 is 1.94 bits per heavy atom. The summed E-state index contributed by atoms with van der Waals surface area (Å²) in [5.41, 5.74) is 0.269. The van der Waals surface area contributed by atoms with Crippen molar-refractivity contribution in [2.45, 2.75) is 33.1 Å². The molecule has 0 aromatic rings. The van der Waals surface area contributed by atoms with Gasteiger partial charge in [0.2, 0.25) is 0 Å². The molecule has 86 valence electrons. The van der Waals surface area contributed by atoms with Crippen LogP contribution < -0.4 is 0 Å². The van der Waals surface area contributed by atoms with Crippen molar-refractivity contribution in [1.82, 2.24) is 0 Å². The van der Waals surface area contributed by atoms with Crippen LogP contribution in [-0.2, 0) is 4.79 Å². The smallest absolute Gasteiger partial charge is 0.126 e. The van der Waals surface area contributed by atoms with Crippen molar-refractivity contribution in [2.24, 2.45) is 40.4 Å². The Morgan fingerprint density at radius 3 is 2.69 bits per heavy atom. The van der Waals surface area contributed by atoms with Crippen molar-refractivity contribution >= 4 is 6.29 Å². The maximum atomic E-state index is 11.5. The molecule has 0 N–H and O–H groups in total. The molecule has 0 aromatic heterocycles. The molecule has 7 unspecified atom stereocenters. The first-order valence-electron chi connectivity index (χ1n) is 6.74. The van der Waals surface area contributed by atoms with E-state index in [1.54, 1.807) is 0 Å². The zero-order chi connectivity index (χ0) is 11.1. The monoisotopic (exact) mass is 216 g/mol. The summed E-state index contributed by atoms with van der Waals surface area (Å²) in [4.78, 5) is 11.5. The van der Waals surface area contributed by atoms with Gasteiger partial charge < -0.3 is 4.79 Å². The van der Waals surface area contributed by atoms with Crippen LogP contribution in [0.1, 0.15) is 33.1 Å². The third-order valence-electron chi connectivity index (χ3n) is 6.74. The highest BCUT2D eigenvalue weighted by molar-refractivity contribution is 5.62. The zero-order valence-corrected chi connectivity index (χ0v) is 10.1. The molecule has 0 radical (unpaired) electrons.